The SMILES string of the molecule is CCC(C)C(C=O)NC(=O)C(CC(N)=O)NC(=O)C(CCCNC(=N)N)NC(=O)C(CCCNC(=N)N)NC(=O)CNC(=O)C(NC(=O)C(CC(C)C)NC(=O)C(CCC(N)=O)NC(=O)C(CC(=O)O)NC(=O)C(C)NC(=O)C(Cc1ccccc1)NC(=O)C(CC(C)C)NC(=O)C(CCCNC(=N)N)NC(=O)C(CCCNC(=N)N)NC(=O)C(CC(C)C)NC(=O)CN)C(C)C. The maximum absolute atomic E-state index is 14.7. The first kappa shape index (κ1) is 116. The van der Waals surface area contributed by atoms with Gasteiger partial charge in [-0.2, -0.15) is 0 Å². The molecule has 17 amide bonds. The molecule has 1 aromatic carbocycles. The Bertz CT molecular complexity index is 4080. The first-order chi connectivity index (χ1) is 61.9. The van der Waals surface area contributed by atoms with Gasteiger partial charge in [0.15, 0.2) is 23.8 Å². The lowest BCUT2D eigenvalue weighted by molar-refractivity contribution is -0.141. The molecular weight excluding hydrogens is 1730 g/mol. The van der Waals surface area contributed by atoms with Crippen molar-refractivity contribution in [3.8, 4) is 0 Å². The van der Waals surface area contributed by atoms with Gasteiger partial charge in [0.25, 0.3) is 0 Å². The lowest BCUT2D eigenvalue weighted by atomic mass is 9.99. The van der Waals surface area contributed by atoms with E-state index in [1.54, 1.807) is 85.7 Å². The van der Waals surface area contributed by atoms with Crippen LogP contribution < -0.4 is 141 Å². The van der Waals surface area contributed by atoms with Gasteiger partial charge in [-0.05, 0) is 119 Å². The zero-order chi connectivity index (χ0) is 100. The molecule has 0 bridgehead atoms. The van der Waals surface area contributed by atoms with E-state index in [-0.39, 0.29) is 127 Å². The van der Waals surface area contributed by atoms with Gasteiger partial charge < -0.3 is 151 Å². The predicted octanol–water partition coefficient (Wildman–Crippen LogP) is -8.18. The van der Waals surface area contributed by atoms with Crippen molar-refractivity contribution in [2.45, 2.75) is 270 Å². The molecule has 0 spiro atoms. The summed E-state index contributed by atoms with van der Waals surface area (Å²) < 4.78 is 0. The summed E-state index contributed by atoms with van der Waals surface area (Å²) >= 11 is 0. The number of carbonyl (C=O) groups is 19. The topological polar surface area (TPSA) is 851 Å². The third-order valence-corrected chi connectivity index (χ3v) is 20.1. The van der Waals surface area contributed by atoms with Gasteiger partial charge >= 0.3 is 5.97 Å². The van der Waals surface area contributed by atoms with Crippen LogP contribution in [0.25, 0.3) is 0 Å². The molecule has 0 saturated heterocycles. The summed E-state index contributed by atoms with van der Waals surface area (Å²) in [5.74, 6) is -22.1. The maximum Gasteiger partial charge on any atom is 0.305 e. The van der Waals surface area contributed by atoms with Crippen LogP contribution in [0.15, 0.2) is 30.3 Å². The van der Waals surface area contributed by atoms with Crippen LogP contribution >= 0.6 is 0 Å². The Balaban J connectivity index is 3.70. The fourth-order valence-corrected chi connectivity index (χ4v) is 13.0. The Labute approximate surface area is 767 Å². The van der Waals surface area contributed by atoms with Gasteiger partial charge in [-0.15, -0.1) is 0 Å². The van der Waals surface area contributed by atoms with Crippen molar-refractivity contribution < 1.29 is 96.2 Å². The van der Waals surface area contributed by atoms with Gasteiger partial charge in [0, 0.05) is 39.0 Å². The largest absolute Gasteiger partial charge is 0.481 e. The summed E-state index contributed by atoms with van der Waals surface area (Å²) in [7, 11) is 0. The van der Waals surface area contributed by atoms with Crippen molar-refractivity contribution >= 4 is 137 Å². The number of guanidine groups is 4. The Kier molecular flexibility index (Phi) is 54.5. The predicted molar refractivity (Wildman–Crippen MR) is 485 cm³/mol. The van der Waals surface area contributed by atoms with Crippen molar-refractivity contribution in [2.75, 3.05) is 39.3 Å². The Morgan fingerprint density at radius 3 is 1.05 bits per heavy atom. The number of benzene rings is 1. The molecule has 0 radical (unpaired) electrons. The number of nitrogens with one attached hydrogen (secondary N) is 23. The summed E-state index contributed by atoms with van der Waals surface area (Å²) in [6, 6.07) is -13.1. The van der Waals surface area contributed by atoms with Gasteiger partial charge in [0.05, 0.1) is 32.0 Å². The summed E-state index contributed by atoms with van der Waals surface area (Å²) in [6.45, 7) is 16.8. The molecule has 1 rings (SSSR count). The minimum atomic E-state index is -2.06. The number of amides is 17. The molecule has 740 valence electrons. The number of rotatable bonds is 65. The molecule has 50 heteroatoms. The highest BCUT2D eigenvalue weighted by molar-refractivity contribution is 6.01. The van der Waals surface area contributed by atoms with Crippen LogP contribution in [-0.2, 0) is 97.5 Å². The number of carboxylic acid groups (broad SMARTS) is 1. The van der Waals surface area contributed by atoms with E-state index in [0.717, 1.165) is 6.92 Å². The standard InChI is InChI=1S/C82H142N30O20/c1-12-45(10)59(40-113)111-75(129)57(36-61(85)115)110-70(124)51(25-19-31-97-82(92)93)102-67(121)48(22-16-28-94-79(86)87)100-63(117)39-98-78(132)65(44(8)9)112-77(131)55(34-43(6)7)108-71(125)52(26-27-60(84)114)105-76(130)58(37-64(118)119)106-66(120)46(11)99-72(126)56(35-47-20-14-13-15-21-47)109-74(128)54(33-42(4)5)107-69(123)50(24-18-30-96-81(90)91)103-68(122)49(23-17-29-95-80(88)89)104-73(127)53(32-41(2)3)101-62(116)38-83/h13-15,20-21,40-46,48-59,65H,12,16-19,22-39,83H2,1-11H3,(H2,84,114)(H2,85,115)(H,98,132)(H,99,126)(H,100,117)(H,101,116)(H,102,121)(H,103,122)(H,104,127)(H,105,130)(H,106,120)(H,107,123)(H,108,125)(H,109,128)(H,110,124)(H,111,129)(H,112,131)(H,118,119)(H4,86,87,94)(H4,88,89,95)(H4,90,91,96)(H4,92,93,97). The first-order valence-corrected chi connectivity index (χ1v) is 43.7. The highest BCUT2D eigenvalue weighted by Gasteiger charge is 2.39. The molecule has 15 unspecified atom stereocenters. The van der Waals surface area contributed by atoms with E-state index < -0.39 is 259 Å². The zero-order valence-corrected chi connectivity index (χ0v) is 76.9. The number of hydrogen-bond donors (Lipinski definition) is 31. The number of hydrogen-bond acceptors (Lipinski definition) is 24. The Morgan fingerprint density at radius 1 is 0.364 bits per heavy atom. The van der Waals surface area contributed by atoms with Gasteiger partial charge in [-0.1, -0.05) is 106 Å². The van der Waals surface area contributed by atoms with E-state index in [0.29, 0.717) is 18.3 Å². The maximum atomic E-state index is 14.7. The van der Waals surface area contributed by atoms with Crippen molar-refractivity contribution in [2.24, 2.45) is 69.7 Å². The normalized spacial score (nSPS) is 14.4. The number of aldehydes is 1. The van der Waals surface area contributed by atoms with Gasteiger partial charge in [0.2, 0.25) is 100 Å². The minimum Gasteiger partial charge on any atom is -0.481 e. The highest BCUT2D eigenvalue weighted by atomic mass is 16.4. The lowest BCUT2D eigenvalue weighted by Crippen LogP contribution is -2.61. The molecule has 0 fully saturated rings. The fourth-order valence-electron chi connectivity index (χ4n) is 13.0. The molecule has 0 aliphatic heterocycles. The third kappa shape index (κ3) is 48.7. The quantitative estimate of drug-likeness (QED) is 0.0125. The van der Waals surface area contributed by atoms with E-state index >= 15 is 0 Å². The van der Waals surface area contributed by atoms with E-state index in [2.05, 4.69) is 101 Å². The van der Waals surface area contributed by atoms with E-state index in [1.807, 2.05) is 0 Å². The van der Waals surface area contributed by atoms with Crippen molar-refractivity contribution in [1.29, 1.82) is 21.6 Å². The second kappa shape index (κ2) is 61.8. The summed E-state index contributed by atoms with van der Waals surface area (Å²) in [6.07, 6.45) is -2.84. The van der Waals surface area contributed by atoms with Crippen LogP contribution in [0.1, 0.15) is 184 Å². The minimum absolute atomic E-state index is 0.00371. The van der Waals surface area contributed by atoms with Crippen molar-refractivity contribution in [3.63, 3.8) is 0 Å². The summed E-state index contributed by atoms with van der Waals surface area (Å²) in [4.78, 5) is 261. The van der Waals surface area contributed by atoms with Crippen molar-refractivity contribution in [1.82, 2.24) is 101 Å². The molecule has 0 aliphatic carbocycles. The number of carboxylic acids is 1. The van der Waals surface area contributed by atoms with E-state index in [4.69, 9.17) is 61.8 Å². The summed E-state index contributed by atoms with van der Waals surface area (Å²) in [5, 5.41) is 88.4. The van der Waals surface area contributed by atoms with Crippen LogP contribution in [0, 0.1) is 51.2 Å². The van der Waals surface area contributed by atoms with Gasteiger partial charge in [-0.3, -0.25) is 108 Å². The molecule has 15 atom stereocenters. The van der Waals surface area contributed by atoms with Crippen LogP contribution in [-0.4, -0.2) is 265 Å². The average Bonchev–Trinajstić information content (AvgIpc) is 0.853. The second-order valence-electron chi connectivity index (χ2n) is 33.5. The fraction of sp³-hybridized carbons (Fsp3) is 0.646. The van der Waals surface area contributed by atoms with Crippen molar-refractivity contribution in [3.05, 3.63) is 35.9 Å². The molecular formula is C82H142N30O20. The highest BCUT2D eigenvalue weighted by Crippen LogP contribution is 2.16. The monoisotopic (exact) mass is 1870 g/mol. The Morgan fingerprint density at radius 2 is 0.689 bits per heavy atom. The zero-order valence-electron chi connectivity index (χ0n) is 76.9. The molecule has 0 heterocycles. The molecule has 1 aromatic rings. The molecule has 132 heavy (non-hydrogen) atoms. The lowest BCUT2D eigenvalue weighted by Gasteiger charge is -2.29. The van der Waals surface area contributed by atoms with Crippen LogP contribution in [0.2, 0.25) is 0 Å². The molecule has 0 aromatic heterocycles. The average molecular weight is 1870 g/mol. The van der Waals surface area contributed by atoms with Crippen LogP contribution in [0.3, 0.4) is 0 Å². The Hall–Kier alpha value is -13.6. The molecule has 50 nitrogen and oxygen atoms in total. The number of nitrogens with two attached hydrogens (primary N) is 7. The molecule has 0 saturated carbocycles. The van der Waals surface area contributed by atoms with E-state index in [1.165, 1.54) is 13.8 Å². The number of primary amides is 2. The number of carbonyl (C=O) groups excluding carboxylic acids is 18. The van der Waals surface area contributed by atoms with Crippen LogP contribution in [0.4, 0.5) is 0 Å². The smallest absolute Gasteiger partial charge is 0.305 e. The molecule has 0 aliphatic rings. The van der Waals surface area contributed by atoms with E-state index in [9.17, 15) is 96.2 Å². The molecule has 38 N–H and O–H groups in total. The van der Waals surface area contributed by atoms with Gasteiger partial charge in [0.1, 0.15) is 84.8 Å². The first-order valence-electron chi connectivity index (χ1n) is 43.7. The van der Waals surface area contributed by atoms with Gasteiger partial charge in [-0.25, -0.2) is 0 Å². The second-order valence-corrected chi connectivity index (χ2v) is 33.5. The summed E-state index contributed by atoms with van der Waals surface area (Å²) in [5.41, 5.74) is 38.9. The van der Waals surface area contributed by atoms with Crippen LogP contribution in [0.5, 0.6) is 0 Å². The third-order valence-electron chi connectivity index (χ3n) is 20.1. The number of aliphatic carboxylic acids is 1.